The lowest BCUT2D eigenvalue weighted by Crippen LogP contribution is -2.33. The van der Waals surface area contributed by atoms with Gasteiger partial charge in [-0.2, -0.15) is 5.26 Å². The highest BCUT2D eigenvalue weighted by Crippen LogP contribution is 2.24. The number of hydrogen-bond donors (Lipinski definition) is 1. The summed E-state index contributed by atoms with van der Waals surface area (Å²) >= 11 is 0. The number of benzene rings is 3. The number of nitrogens with one attached hydrogen (secondary N) is 1. The molecule has 0 radical (unpaired) electrons. The average Bonchev–Trinajstić information content (AvgIpc) is 3.50. The average molecular weight is 446 g/mol. The Kier molecular flexibility index (Phi) is 4.49. The number of nitrogens with zero attached hydrogens (tertiary/aromatic N) is 5. The van der Waals surface area contributed by atoms with Crippen molar-refractivity contribution in [3.63, 3.8) is 0 Å². The Morgan fingerprint density at radius 1 is 0.853 bits per heavy atom. The number of imidazole rings is 2. The minimum absolute atomic E-state index is 0.196. The van der Waals surface area contributed by atoms with Crippen molar-refractivity contribution in [3.8, 4) is 6.07 Å². The summed E-state index contributed by atoms with van der Waals surface area (Å²) in [6.45, 7) is 0.550. The Bertz CT molecular complexity index is 1590. The van der Waals surface area contributed by atoms with Gasteiger partial charge in [0.25, 0.3) is 11.8 Å². The third kappa shape index (κ3) is 3.14. The Hall–Kier alpha value is -4.77. The van der Waals surface area contributed by atoms with Gasteiger partial charge in [0.15, 0.2) is 0 Å². The van der Waals surface area contributed by atoms with Gasteiger partial charge < -0.3 is 9.55 Å². The van der Waals surface area contributed by atoms with Crippen LogP contribution in [0, 0.1) is 11.3 Å². The van der Waals surface area contributed by atoms with Gasteiger partial charge in [-0.1, -0.05) is 24.3 Å². The molecule has 0 saturated heterocycles. The van der Waals surface area contributed by atoms with Crippen molar-refractivity contribution in [2.45, 2.75) is 13.0 Å². The second-order valence-corrected chi connectivity index (χ2v) is 8.18. The smallest absolute Gasteiger partial charge is 0.261 e. The summed E-state index contributed by atoms with van der Waals surface area (Å²) in [5, 5.41) is 9.39. The number of carbonyl (C=O) groups excluding carboxylic acids is 2. The Balaban J connectivity index is 1.36. The maximum atomic E-state index is 12.8. The number of carbonyl (C=O) groups is 2. The number of imide groups is 1. The van der Waals surface area contributed by atoms with E-state index < -0.39 is 0 Å². The largest absolute Gasteiger partial charge is 0.342 e. The molecule has 8 nitrogen and oxygen atoms in total. The molecule has 0 aliphatic carbocycles. The van der Waals surface area contributed by atoms with Gasteiger partial charge in [0, 0.05) is 13.1 Å². The minimum atomic E-state index is -0.290. The van der Waals surface area contributed by atoms with Crippen LogP contribution in [0.4, 0.5) is 0 Å². The molecular weight excluding hydrogens is 428 g/mol. The van der Waals surface area contributed by atoms with Crippen LogP contribution in [0.5, 0.6) is 0 Å². The summed E-state index contributed by atoms with van der Waals surface area (Å²) in [6, 6.07) is 22.2. The van der Waals surface area contributed by atoms with E-state index in [-0.39, 0.29) is 18.4 Å². The lowest BCUT2D eigenvalue weighted by atomic mass is 10.1. The molecule has 1 aliphatic heterocycles. The summed E-state index contributed by atoms with van der Waals surface area (Å²) in [5.74, 6) is 0.919. The monoisotopic (exact) mass is 446 g/mol. The lowest BCUT2D eigenvalue weighted by Gasteiger charge is -2.16. The fourth-order valence-corrected chi connectivity index (χ4v) is 4.51. The first kappa shape index (κ1) is 19.9. The van der Waals surface area contributed by atoms with Crippen LogP contribution in [-0.2, 0) is 13.0 Å². The molecule has 8 heteroatoms. The molecule has 34 heavy (non-hydrogen) atoms. The topological polar surface area (TPSA) is 108 Å². The van der Waals surface area contributed by atoms with Gasteiger partial charge in [0.1, 0.15) is 11.6 Å². The van der Waals surface area contributed by atoms with E-state index in [1.165, 1.54) is 4.90 Å². The van der Waals surface area contributed by atoms with Crippen LogP contribution in [0.2, 0.25) is 0 Å². The summed E-state index contributed by atoms with van der Waals surface area (Å²) < 4.78 is 1.97. The van der Waals surface area contributed by atoms with E-state index in [1.54, 1.807) is 36.4 Å². The number of rotatable bonds is 5. The molecule has 0 spiro atoms. The number of H-pyrrole nitrogens is 1. The maximum absolute atomic E-state index is 12.8. The highest BCUT2D eigenvalue weighted by atomic mass is 16.2. The van der Waals surface area contributed by atoms with Crippen LogP contribution in [0.1, 0.15) is 37.9 Å². The molecule has 0 atom stereocenters. The van der Waals surface area contributed by atoms with E-state index in [2.05, 4.69) is 16.0 Å². The summed E-state index contributed by atoms with van der Waals surface area (Å²) in [5.41, 5.74) is 4.71. The molecule has 1 aliphatic rings. The first-order valence-corrected chi connectivity index (χ1v) is 10.9. The first-order chi connectivity index (χ1) is 16.6. The molecule has 0 bridgehead atoms. The van der Waals surface area contributed by atoms with Crippen LogP contribution in [-0.4, -0.2) is 42.8 Å². The molecule has 164 valence electrons. The second-order valence-electron chi connectivity index (χ2n) is 8.18. The predicted molar refractivity (Wildman–Crippen MR) is 125 cm³/mol. The fraction of sp³-hybridized carbons (Fsp3) is 0.115. The number of hydrogen-bond acceptors (Lipinski definition) is 5. The SMILES string of the molecule is N#Cc1ccc2nc(Cc3nc4ccccc4[nH]3)n(CCN3C(=O)c4ccccc4C3=O)c2c1. The van der Waals surface area contributed by atoms with Crippen molar-refractivity contribution < 1.29 is 9.59 Å². The highest BCUT2D eigenvalue weighted by Gasteiger charge is 2.34. The van der Waals surface area contributed by atoms with Gasteiger partial charge in [-0.15, -0.1) is 0 Å². The van der Waals surface area contributed by atoms with E-state index in [9.17, 15) is 14.9 Å². The molecule has 2 aromatic heterocycles. The molecular formula is C26H18N6O2. The highest BCUT2D eigenvalue weighted by molar-refractivity contribution is 6.21. The standard InChI is InChI=1S/C26H18N6O2/c27-15-16-9-10-21-22(13-16)31(11-12-32-25(33)17-5-1-2-6-18(17)26(32)34)24(30-21)14-23-28-19-7-3-4-8-20(19)29-23/h1-10,13H,11-12,14H2,(H,28,29). The Labute approximate surface area is 194 Å². The summed E-state index contributed by atoms with van der Waals surface area (Å²) in [7, 11) is 0. The minimum Gasteiger partial charge on any atom is -0.342 e. The molecule has 2 amide bonds. The van der Waals surface area contributed by atoms with Crippen LogP contribution >= 0.6 is 0 Å². The zero-order valence-electron chi connectivity index (χ0n) is 18.0. The van der Waals surface area contributed by atoms with Crippen molar-refractivity contribution in [2.75, 3.05) is 6.54 Å². The Morgan fingerprint density at radius 3 is 2.32 bits per heavy atom. The van der Waals surface area contributed by atoms with E-state index in [4.69, 9.17) is 4.98 Å². The van der Waals surface area contributed by atoms with Gasteiger partial charge in [0.2, 0.25) is 0 Å². The van der Waals surface area contributed by atoms with E-state index in [0.29, 0.717) is 29.7 Å². The van der Waals surface area contributed by atoms with Gasteiger partial charge in [0.05, 0.1) is 51.2 Å². The van der Waals surface area contributed by atoms with E-state index in [0.717, 1.165) is 33.7 Å². The van der Waals surface area contributed by atoms with Crippen molar-refractivity contribution in [1.82, 2.24) is 24.4 Å². The van der Waals surface area contributed by atoms with E-state index in [1.807, 2.05) is 34.9 Å². The van der Waals surface area contributed by atoms with Gasteiger partial charge in [-0.3, -0.25) is 14.5 Å². The van der Waals surface area contributed by atoms with Crippen LogP contribution in [0.3, 0.4) is 0 Å². The van der Waals surface area contributed by atoms with Crippen molar-refractivity contribution in [3.05, 3.63) is 95.1 Å². The van der Waals surface area contributed by atoms with Crippen LogP contribution in [0.15, 0.2) is 66.7 Å². The molecule has 0 saturated carbocycles. The van der Waals surface area contributed by atoms with Crippen LogP contribution in [0.25, 0.3) is 22.1 Å². The van der Waals surface area contributed by atoms with Gasteiger partial charge >= 0.3 is 0 Å². The number of fused-ring (bicyclic) bond motifs is 3. The normalized spacial score (nSPS) is 13.1. The Morgan fingerprint density at radius 2 is 1.59 bits per heavy atom. The lowest BCUT2D eigenvalue weighted by molar-refractivity contribution is 0.0649. The van der Waals surface area contributed by atoms with Crippen LogP contribution < -0.4 is 0 Å². The molecule has 0 fully saturated rings. The van der Waals surface area contributed by atoms with Crippen molar-refractivity contribution >= 4 is 33.9 Å². The third-order valence-corrected chi connectivity index (χ3v) is 6.15. The first-order valence-electron chi connectivity index (χ1n) is 10.9. The summed E-state index contributed by atoms with van der Waals surface area (Å²) in [6.07, 6.45) is 0.438. The fourth-order valence-electron chi connectivity index (χ4n) is 4.51. The maximum Gasteiger partial charge on any atom is 0.261 e. The number of amides is 2. The van der Waals surface area contributed by atoms with Crippen molar-refractivity contribution in [2.24, 2.45) is 0 Å². The third-order valence-electron chi connectivity index (χ3n) is 6.15. The molecule has 1 N–H and O–H groups in total. The zero-order valence-corrected chi connectivity index (χ0v) is 18.0. The number of nitriles is 1. The molecule has 3 heterocycles. The second kappa shape index (κ2) is 7.67. The number of para-hydroxylation sites is 2. The molecule has 0 unspecified atom stereocenters. The molecule has 6 rings (SSSR count). The number of aromatic nitrogens is 4. The molecule has 3 aromatic carbocycles. The van der Waals surface area contributed by atoms with E-state index >= 15 is 0 Å². The predicted octanol–water partition coefficient (Wildman–Crippen LogP) is 3.67. The van der Waals surface area contributed by atoms with Gasteiger partial charge in [-0.25, -0.2) is 9.97 Å². The van der Waals surface area contributed by atoms with Crippen molar-refractivity contribution in [1.29, 1.82) is 5.26 Å². The zero-order chi connectivity index (χ0) is 23.2. The summed E-state index contributed by atoms with van der Waals surface area (Å²) in [4.78, 5) is 39.7. The number of aromatic amines is 1. The quantitative estimate of drug-likeness (QED) is 0.415. The van der Waals surface area contributed by atoms with Gasteiger partial charge in [-0.05, 0) is 42.5 Å². The molecule has 5 aromatic rings.